The summed E-state index contributed by atoms with van der Waals surface area (Å²) in [5.74, 6) is -4.87. The number of carboxylic acid groups (broad SMARTS) is 2. The number of carboxylic acids is 2. The molecule has 38 heavy (non-hydrogen) atoms. The number of nitrogens with zero attached hydrogens (tertiary/aromatic N) is 4. The maximum Gasteiger partial charge on any atom is 0.490 e. The van der Waals surface area contributed by atoms with Gasteiger partial charge in [0.05, 0.1) is 11.4 Å². The van der Waals surface area contributed by atoms with E-state index in [-0.39, 0.29) is 22.5 Å². The summed E-state index contributed by atoms with van der Waals surface area (Å²) in [5, 5.41) is 18.7. The number of carbonyl (C=O) groups is 2. The van der Waals surface area contributed by atoms with E-state index in [0.717, 1.165) is 37.5 Å². The maximum atomic E-state index is 13.7. The predicted octanol–water partition coefficient (Wildman–Crippen LogP) is 3.67. The standard InChI is InChI=1S/C17H21FN4OS.2C2HF3O2/c1-12-6-13(21(2)20-12)8-22-10-17(11-22)7-14(9-24-17)23-16-15(18)4-3-5-19-16;2*3-2(4,5)1(6)7/h3-6,14H,7-11H2,1-2H3;2*(H,6,7). The van der Waals surface area contributed by atoms with E-state index in [1.165, 1.54) is 11.8 Å². The van der Waals surface area contributed by atoms with E-state index < -0.39 is 24.3 Å². The Morgan fingerprint density at radius 2 is 1.71 bits per heavy atom. The van der Waals surface area contributed by atoms with Gasteiger partial charge in [0.25, 0.3) is 5.88 Å². The van der Waals surface area contributed by atoms with Gasteiger partial charge in [0.15, 0.2) is 5.82 Å². The number of likely N-dealkylation sites (tertiary alicyclic amines) is 1. The van der Waals surface area contributed by atoms with Crippen molar-refractivity contribution < 1.29 is 55.3 Å². The molecule has 0 aromatic carbocycles. The molecular formula is C21H23F7N4O5S. The van der Waals surface area contributed by atoms with E-state index >= 15 is 0 Å². The Morgan fingerprint density at radius 3 is 2.16 bits per heavy atom. The van der Waals surface area contributed by atoms with Crippen molar-refractivity contribution in [2.45, 2.75) is 43.1 Å². The minimum atomic E-state index is -5.08. The van der Waals surface area contributed by atoms with Crippen LogP contribution in [-0.2, 0) is 23.2 Å². The summed E-state index contributed by atoms with van der Waals surface area (Å²) in [6.07, 6.45) is -7.60. The molecule has 1 unspecified atom stereocenters. The van der Waals surface area contributed by atoms with Crippen molar-refractivity contribution >= 4 is 23.7 Å². The van der Waals surface area contributed by atoms with Gasteiger partial charge in [-0.05, 0) is 25.1 Å². The second-order valence-electron chi connectivity index (χ2n) is 8.38. The fourth-order valence-electron chi connectivity index (χ4n) is 3.64. The van der Waals surface area contributed by atoms with Crippen LogP contribution in [0.25, 0.3) is 0 Å². The van der Waals surface area contributed by atoms with E-state index in [1.807, 2.05) is 30.4 Å². The Morgan fingerprint density at radius 1 is 1.16 bits per heavy atom. The summed E-state index contributed by atoms with van der Waals surface area (Å²) in [7, 11) is 1.99. The van der Waals surface area contributed by atoms with Gasteiger partial charge in [-0.2, -0.15) is 31.4 Å². The number of aromatic nitrogens is 3. The summed E-state index contributed by atoms with van der Waals surface area (Å²) in [4.78, 5) is 24.2. The summed E-state index contributed by atoms with van der Waals surface area (Å²) in [6.45, 7) is 5.05. The number of ether oxygens (including phenoxy) is 1. The Balaban J connectivity index is 0.000000301. The fourth-order valence-corrected chi connectivity index (χ4v) is 5.21. The van der Waals surface area contributed by atoms with E-state index in [4.69, 9.17) is 24.5 Å². The highest BCUT2D eigenvalue weighted by Gasteiger charge is 2.50. The molecule has 1 spiro atoms. The van der Waals surface area contributed by atoms with E-state index in [1.54, 1.807) is 12.3 Å². The van der Waals surface area contributed by atoms with Crippen LogP contribution in [0.2, 0.25) is 0 Å². The molecule has 0 radical (unpaired) electrons. The molecule has 2 fully saturated rings. The summed E-state index contributed by atoms with van der Waals surface area (Å²) < 4.78 is 85.1. The molecule has 2 aromatic heterocycles. The van der Waals surface area contributed by atoms with E-state index in [0.29, 0.717) is 0 Å². The van der Waals surface area contributed by atoms with Crippen molar-refractivity contribution in [3.8, 4) is 5.88 Å². The normalized spacial score (nSPS) is 18.5. The second kappa shape index (κ2) is 12.2. The van der Waals surface area contributed by atoms with Crippen LogP contribution in [0.5, 0.6) is 5.88 Å². The number of rotatable bonds is 4. The molecule has 0 amide bonds. The smallest absolute Gasteiger partial charge is 0.475 e. The first kappa shape index (κ1) is 31.1. The van der Waals surface area contributed by atoms with Gasteiger partial charge in [-0.15, -0.1) is 11.8 Å². The van der Waals surface area contributed by atoms with Crippen LogP contribution < -0.4 is 4.74 Å². The number of aliphatic carboxylic acids is 2. The summed E-state index contributed by atoms with van der Waals surface area (Å²) in [5.41, 5.74) is 2.30. The van der Waals surface area contributed by atoms with Crippen LogP contribution in [0.4, 0.5) is 30.7 Å². The molecule has 2 aromatic rings. The van der Waals surface area contributed by atoms with Gasteiger partial charge in [-0.1, -0.05) is 0 Å². The molecule has 2 saturated heterocycles. The lowest BCUT2D eigenvalue weighted by atomic mass is 9.93. The van der Waals surface area contributed by atoms with Crippen molar-refractivity contribution in [2.75, 3.05) is 18.8 Å². The van der Waals surface area contributed by atoms with Crippen LogP contribution in [0.3, 0.4) is 0 Å². The first-order valence-electron chi connectivity index (χ1n) is 10.6. The van der Waals surface area contributed by atoms with Crippen molar-refractivity contribution in [1.82, 2.24) is 19.7 Å². The quantitative estimate of drug-likeness (QED) is 0.526. The molecule has 4 rings (SSSR count). The van der Waals surface area contributed by atoms with Crippen molar-refractivity contribution in [3.63, 3.8) is 0 Å². The molecule has 17 heteroatoms. The fraction of sp³-hybridized carbons (Fsp3) is 0.524. The highest BCUT2D eigenvalue weighted by Crippen LogP contribution is 2.46. The number of aryl methyl sites for hydroxylation is 2. The first-order chi connectivity index (χ1) is 17.4. The Hall–Kier alpha value is -3.08. The average molecular weight is 576 g/mol. The number of hydrogen-bond acceptors (Lipinski definition) is 7. The van der Waals surface area contributed by atoms with Crippen LogP contribution in [0.15, 0.2) is 24.4 Å². The van der Waals surface area contributed by atoms with Gasteiger partial charge in [0.2, 0.25) is 0 Å². The third kappa shape index (κ3) is 9.04. The molecule has 1 atom stereocenters. The lowest BCUT2D eigenvalue weighted by Gasteiger charge is -2.47. The second-order valence-corrected chi connectivity index (χ2v) is 9.87. The average Bonchev–Trinajstić information content (AvgIpc) is 3.32. The summed E-state index contributed by atoms with van der Waals surface area (Å²) in [6, 6.07) is 5.11. The van der Waals surface area contributed by atoms with Crippen LogP contribution in [0.1, 0.15) is 17.8 Å². The molecule has 212 valence electrons. The van der Waals surface area contributed by atoms with E-state index in [9.17, 15) is 30.7 Å². The lowest BCUT2D eigenvalue weighted by molar-refractivity contribution is -0.193. The molecule has 9 nitrogen and oxygen atoms in total. The van der Waals surface area contributed by atoms with Crippen LogP contribution in [0, 0.1) is 12.7 Å². The van der Waals surface area contributed by atoms with Crippen molar-refractivity contribution in [2.24, 2.45) is 7.05 Å². The molecular weight excluding hydrogens is 553 g/mol. The van der Waals surface area contributed by atoms with Gasteiger partial charge in [0, 0.05) is 49.8 Å². The molecule has 0 saturated carbocycles. The molecule has 0 bridgehead atoms. The zero-order valence-corrected chi connectivity index (χ0v) is 20.7. The summed E-state index contributed by atoms with van der Waals surface area (Å²) >= 11 is 1.95. The monoisotopic (exact) mass is 576 g/mol. The van der Waals surface area contributed by atoms with Crippen LogP contribution >= 0.6 is 11.8 Å². The molecule has 2 aliphatic rings. The highest BCUT2D eigenvalue weighted by molar-refractivity contribution is 8.01. The number of pyridine rings is 1. The zero-order valence-electron chi connectivity index (χ0n) is 19.9. The van der Waals surface area contributed by atoms with Gasteiger partial charge < -0.3 is 14.9 Å². The van der Waals surface area contributed by atoms with Gasteiger partial charge in [-0.3, -0.25) is 9.58 Å². The number of halogens is 7. The van der Waals surface area contributed by atoms with Gasteiger partial charge >= 0.3 is 24.3 Å². The topological polar surface area (TPSA) is 118 Å². The zero-order chi connectivity index (χ0) is 28.9. The van der Waals surface area contributed by atoms with Crippen LogP contribution in [-0.4, -0.2) is 83.9 Å². The Bertz CT molecular complexity index is 1100. The van der Waals surface area contributed by atoms with Gasteiger partial charge in [-0.25, -0.2) is 19.0 Å². The van der Waals surface area contributed by atoms with Crippen molar-refractivity contribution in [1.29, 1.82) is 0 Å². The van der Waals surface area contributed by atoms with Crippen molar-refractivity contribution in [3.05, 3.63) is 41.6 Å². The predicted molar refractivity (Wildman–Crippen MR) is 119 cm³/mol. The largest absolute Gasteiger partial charge is 0.490 e. The lowest BCUT2D eigenvalue weighted by Crippen LogP contribution is -2.58. The highest BCUT2D eigenvalue weighted by atomic mass is 32.2. The third-order valence-electron chi connectivity index (χ3n) is 5.17. The molecule has 4 heterocycles. The number of thioether (sulfide) groups is 1. The maximum absolute atomic E-state index is 13.7. The number of alkyl halides is 6. The molecule has 2 N–H and O–H groups in total. The van der Waals surface area contributed by atoms with Gasteiger partial charge in [0.1, 0.15) is 6.10 Å². The minimum absolute atomic E-state index is 0.0421. The number of hydrogen-bond donors (Lipinski definition) is 2. The minimum Gasteiger partial charge on any atom is -0.475 e. The first-order valence-corrected chi connectivity index (χ1v) is 11.6. The molecule has 2 aliphatic heterocycles. The SMILES string of the molecule is Cc1cc(CN2CC3(CC(Oc4ncccc4F)CS3)C2)n(C)n1.O=C(O)C(F)(F)F.O=C(O)C(F)(F)F. The van der Waals surface area contributed by atoms with E-state index in [2.05, 4.69) is 21.0 Å². The Kier molecular flexibility index (Phi) is 9.99. The third-order valence-corrected chi connectivity index (χ3v) is 6.75. The molecule has 0 aliphatic carbocycles. The Labute approximate surface area is 215 Å².